The zero-order chi connectivity index (χ0) is 14.1. The largest absolute Gasteiger partial charge is 0.244 e. The molecule has 0 bridgehead atoms. The summed E-state index contributed by atoms with van der Waals surface area (Å²) >= 11 is 5.72. The average Bonchev–Trinajstić information content (AvgIpc) is 2.30. The van der Waals surface area contributed by atoms with Crippen LogP contribution in [0.2, 0.25) is 0 Å². The molecular formula is C6H7B9ClN2. The summed E-state index contributed by atoms with van der Waals surface area (Å²) in [4.78, 5) is 7.62. The molecule has 75 valence electrons. The van der Waals surface area contributed by atoms with E-state index in [4.69, 9.17) is 50.3 Å². The van der Waals surface area contributed by atoms with E-state index in [0.29, 0.717) is 0 Å². The smallest absolute Gasteiger partial charge is 0.115 e. The highest BCUT2D eigenvalue weighted by atomic mass is 35.5. The van der Waals surface area contributed by atoms with Crippen molar-refractivity contribution in [1.29, 1.82) is 0 Å². The van der Waals surface area contributed by atoms with Crippen LogP contribution in [0.15, 0.2) is 18.7 Å². The molecule has 1 rings (SSSR count). The van der Waals surface area contributed by atoms with E-state index in [-0.39, 0.29) is 11.8 Å². The number of hydrogen-bond donors (Lipinski definition) is 0. The summed E-state index contributed by atoms with van der Waals surface area (Å²) < 4.78 is 0. The Morgan fingerprint density at radius 3 is 1.78 bits per heavy atom. The molecule has 0 fully saturated rings. The highest BCUT2D eigenvalue weighted by Gasteiger charge is 2.18. The molecule has 0 aliphatic rings. The second-order valence-electron chi connectivity index (χ2n) is 3.71. The Hall–Kier alpha value is -0.0456. The quantitative estimate of drug-likeness (QED) is 0.465. The number of rotatable bonds is 4. The SMILES string of the molecule is CC(Cl)c1cncnc1.[B][B]B(B([B])[B])B([B])[B]. The molecule has 0 aromatic carbocycles. The van der Waals surface area contributed by atoms with Gasteiger partial charge in [0.25, 0.3) is 0 Å². The molecule has 18 heavy (non-hydrogen) atoms. The van der Waals surface area contributed by atoms with Crippen molar-refractivity contribution in [3.63, 3.8) is 0 Å². The fourth-order valence-corrected chi connectivity index (χ4v) is 1.14. The Morgan fingerprint density at radius 1 is 1.17 bits per heavy atom. The van der Waals surface area contributed by atoms with Crippen LogP contribution in [0.5, 0.6) is 0 Å². The first-order valence-corrected chi connectivity index (χ1v) is 5.80. The van der Waals surface area contributed by atoms with Gasteiger partial charge in [0.2, 0.25) is 0 Å². The summed E-state index contributed by atoms with van der Waals surface area (Å²) in [6, 6.07) is 0. The minimum Gasteiger partial charge on any atom is -0.244 e. The Balaban J connectivity index is 0.000000321. The summed E-state index contributed by atoms with van der Waals surface area (Å²) in [5, 5.41) is 0.00574. The topological polar surface area (TPSA) is 25.8 Å². The monoisotopic (exact) mass is 241 g/mol. The molecule has 1 aromatic heterocycles. The number of aromatic nitrogens is 2. The molecule has 0 aliphatic carbocycles. The van der Waals surface area contributed by atoms with Crippen molar-refractivity contribution >= 4 is 76.5 Å². The standard InChI is InChI=1S/C6H7ClN2.B9/c1-5(7)6-2-8-4-9-3-6;1-6-9(7(2)3)8(4)5/h2-5H,1H3;. The maximum atomic E-state index is 5.72. The van der Waals surface area contributed by atoms with Crippen LogP contribution in [-0.2, 0) is 0 Å². The van der Waals surface area contributed by atoms with Gasteiger partial charge >= 0.3 is 0 Å². The van der Waals surface area contributed by atoms with Gasteiger partial charge in [-0.15, -0.1) is 11.6 Å². The van der Waals surface area contributed by atoms with Crippen LogP contribution in [0, 0.1) is 0 Å². The van der Waals surface area contributed by atoms with Gasteiger partial charge in [-0.3, -0.25) is 0 Å². The molecule has 1 unspecified atom stereocenters. The predicted molar refractivity (Wildman–Crippen MR) is 88.1 cm³/mol. The zero-order valence-electron chi connectivity index (χ0n) is 10.3. The molecule has 11 radical (unpaired) electrons. The van der Waals surface area contributed by atoms with E-state index in [1.165, 1.54) is 13.4 Å². The predicted octanol–water partition coefficient (Wildman–Crippen LogP) is -1.65. The van der Waals surface area contributed by atoms with Crippen LogP contribution in [0.3, 0.4) is 0 Å². The summed E-state index contributed by atoms with van der Waals surface area (Å²) in [5.74, 6) is 0. The molecule has 0 aliphatic heterocycles. The number of hydrogen-bond acceptors (Lipinski definition) is 2. The van der Waals surface area contributed by atoms with Gasteiger partial charge in [-0.1, -0.05) is 0 Å². The molecule has 0 saturated carbocycles. The van der Waals surface area contributed by atoms with E-state index in [1.807, 2.05) is 6.92 Å². The van der Waals surface area contributed by atoms with E-state index >= 15 is 0 Å². The fraction of sp³-hybridized carbons (Fsp3) is 0.333. The van der Waals surface area contributed by atoms with Gasteiger partial charge in [0.15, 0.2) is 0 Å². The van der Waals surface area contributed by atoms with Crippen molar-refractivity contribution in [1.82, 2.24) is 9.97 Å². The van der Waals surface area contributed by atoms with Crippen LogP contribution in [0.1, 0.15) is 17.9 Å². The van der Waals surface area contributed by atoms with E-state index in [9.17, 15) is 0 Å². The molecule has 0 spiro atoms. The maximum Gasteiger partial charge on any atom is 0.115 e. The first-order valence-electron chi connectivity index (χ1n) is 5.36. The number of halogens is 1. The number of alkyl halides is 1. The van der Waals surface area contributed by atoms with Crippen LogP contribution in [0.25, 0.3) is 0 Å². The third-order valence-corrected chi connectivity index (χ3v) is 2.40. The summed E-state index contributed by atoms with van der Waals surface area (Å²) in [7, 11) is 27.5. The van der Waals surface area contributed by atoms with Crippen molar-refractivity contribution in [3.05, 3.63) is 24.3 Å². The lowest BCUT2D eigenvalue weighted by Crippen LogP contribution is -2.55. The van der Waals surface area contributed by atoms with Crippen LogP contribution in [-0.4, -0.2) is 74.9 Å². The Morgan fingerprint density at radius 2 is 1.61 bits per heavy atom. The van der Waals surface area contributed by atoms with Gasteiger partial charge in [0, 0.05) is 82.9 Å². The Bertz CT molecular complexity index is 303. The normalized spacial score (nSPS) is 10.6. The molecule has 1 atom stereocenters. The van der Waals surface area contributed by atoms with Gasteiger partial charge in [-0.05, 0) is 6.92 Å². The van der Waals surface area contributed by atoms with Crippen molar-refractivity contribution in [3.8, 4) is 0 Å². The first kappa shape index (κ1) is 18.0. The summed E-state index contributed by atoms with van der Waals surface area (Å²) in [6.45, 7) is 1.89. The van der Waals surface area contributed by atoms with Crippen molar-refractivity contribution in [2.75, 3.05) is 0 Å². The van der Waals surface area contributed by atoms with Crippen molar-refractivity contribution in [2.45, 2.75) is 12.3 Å². The summed E-state index contributed by atoms with van der Waals surface area (Å²) in [5.41, 5.74) is 0.958. The lowest BCUT2D eigenvalue weighted by molar-refractivity contribution is 1.01. The van der Waals surface area contributed by atoms with Crippen molar-refractivity contribution in [2.24, 2.45) is 0 Å². The first-order chi connectivity index (χ1) is 8.40. The minimum absolute atomic E-state index is 0.00574. The van der Waals surface area contributed by atoms with E-state index < -0.39 is 12.8 Å². The highest BCUT2D eigenvalue weighted by molar-refractivity contribution is 7.93. The van der Waals surface area contributed by atoms with Gasteiger partial charge in [0.05, 0.1) is 5.38 Å². The second kappa shape index (κ2) is 9.83. The van der Waals surface area contributed by atoms with Gasteiger partial charge in [0.1, 0.15) is 6.33 Å². The maximum absolute atomic E-state index is 5.72. The third-order valence-electron chi connectivity index (χ3n) is 2.15. The van der Waals surface area contributed by atoms with Gasteiger partial charge in [-0.25, -0.2) is 9.97 Å². The highest BCUT2D eigenvalue weighted by Crippen LogP contribution is 2.15. The van der Waals surface area contributed by atoms with Crippen LogP contribution < -0.4 is 0 Å². The second-order valence-corrected chi connectivity index (χ2v) is 4.37. The van der Waals surface area contributed by atoms with Gasteiger partial charge in [-0.2, -0.15) is 0 Å². The lowest BCUT2D eigenvalue weighted by Gasteiger charge is -2.17. The van der Waals surface area contributed by atoms with Crippen LogP contribution >= 0.6 is 11.6 Å². The Labute approximate surface area is 123 Å². The molecule has 12 heteroatoms. The van der Waals surface area contributed by atoms with E-state index in [2.05, 4.69) is 9.97 Å². The average molecular weight is 240 g/mol. The van der Waals surface area contributed by atoms with E-state index in [0.717, 1.165) is 5.56 Å². The van der Waals surface area contributed by atoms with Crippen molar-refractivity contribution < 1.29 is 0 Å². The molecule has 1 heterocycles. The molecule has 0 saturated heterocycles. The molecule has 2 nitrogen and oxygen atoms in total. The lowest BCUT2D eigenvalue weighted by atomic mass is 8.64. The third kappa shape index (κ3) is 7.40. The fourth-order valence-electron chi connectivity index (χ4n) is 1.03. The summed E-state index contributed by atoms with van der Waals surface area (Å²) in [6.07, 6.45) is 3.45. The number of nitrogens with zero attached hydrogens (tertiary/aromatic N) is 2. The van der Waals surface area contributed by atoms with Gasteiger partial charge < -0.3 is 0 Å². The minimum atomic E-state index is -0.574. The Kier molecular flexibility index (Phi) is 9.80. The zero-order valence-corrected chi connectivity index (χ0v) is 11.0. The molecule has 0 N–H and O–H groups in total. The van der Waals surface area contributed by atoms with E-state index in [1.54, 1.807) is 12.4 Å². The molecule has 0 amide bonds. The molecular weight excluding hydrogens is 233 g/mol. The van der Waals surface area contributed by atoms with Crippen LogP contribution in [0.4, 0.5) is 0 Å². The molecule has 1 aromatic rings.